The fraction of sp³-hybridized carbons (Fsp3) is 0.273. The van der Waals surface area contributed by atoms with Gasteiger partial charge in [0.25, 0.3) is 5.91 Å². The van der Waals surface area contributed by atoms with E-state index in [0.717, 1.165) is 30.9 Å². The molecule has 0 saturated carbocycles. The standard InChI is InChI=1S/C22H26N4O/c1-3-25(4-2)17-19-11-9-8-10-18(19)16-23-22(27)21-14-15-26(24-21)20-12-6-5-7-13-20/h5-15H,3-4,16-17H2,1-2H3,(H,23,27). The lowest BCUT2D eigenvalue weighted by Gasteiger charge is -2.20. The molecule has 0 bridgehead atoms. The maximum Gasteiger partial charge on any atom is 0.272 e. The first kappa shape index (κ1) is 18.9. The lowest BCUT2D eigenvalue weighted by atomic mass is 10.1. The van der Waals surface area contributed by atoms with Gasteiger partial charge in [-0.25, -0.2) is 4.68 Å². The average molecular weight is 362 g/mol. The van der Waals surface area contributed by atoms with Crippen LogP contribution in [0, 0.1) is 0 Å². The molecule has 3 rings (SSSR count). The van der Waals surface area contributed by atoms with E-state index in [1.165, 1.54) is 5.56 Å². The molecule has 0 atom stereocenters. The Balaban J connectivity index is 1.65. The topological polar surface area (TPSA) is 50.2 Å². The molecule has 0 spiro atoms. The van der Waals surface area contributed by atoms with Gasteiger partial charge in [0.15, 0.2) is 5.69 Å². The Kier molecular flexibility index (Phi) is 6.39. The molecule has 5 heteroatoms. The van der Waals surface area contributed by atoms with E-state index in [0.29, 0.717) is 12.2 Å². The van der Waals surface area contributed by atoms with Gasteiger partial charge in [-0.2, -0.15) is 5.10 Å². The van der Waals surface area contributed by atoms with Gasteiger partial charge in [-0.3, -0.25) is 9.69 Å². The van der Waals surface area contributed by atoms with Crippen molar-refractivity contribution in [2.45, 2.75) is 26.9 Å². The maximum absolute atomic E-state index is 12.5. The van der Waals surface area contributed by atoms with E-state index in [1.54, 1.807) is 16.9 Å². The molecule has 140 valence electrons. The van der Waals surface area contributed by atoms with Crippen LogP contribution in [0.1, 0.15) is 35.5 Å². The van der Waals surface area contributed by atoms with Crippen molar-refractivity contribution >= 4 is 5.91 Å². The molecule has 0 unspecified atom stereocenters. The van der Waals surface area contributed by atoms with Crippen molar-refractivity contribution in [2.75, 3.05) is 13.1 Å². The summed E-state index contributed by atoms with van der Waals surface area (Å²) in [7, 11) is 0. The highest BCUT2D eigenvalue weighted by Crippen LogP contribution is 2.12. The second-order valence-electron chi connectivity index (χ2n) is 6.39. The van der Waals surface area contributed by atoms with Gasteiger partial charge in [-0.05, 0) is 42.4 Å². The molecule has 2 aromatic carbocycles. The fourth-order valence-electron chi connectivity index (χ4n) is 3.01. The first-order valence-corrected chi connectivity index (χ1v) is 9.39. The van der Waals surface area contributed by atoms with Crippen LogP contribution in [-0.4, -0.2) is 33.7 Å². The van der Waals surface area contributed by atoms with Crippen molar-refractivity contribution in [3.63, 3.8) is 0 Å². The van der Waals surface area contributed by atoms with Gasteiger partial charge in [0.2, 0.25) is 0 Å². The predicted octanol–water partition coefficient (Wildman–Crippen LogP) is 3.64. The summed E-state index contributed by atoms with van der Waals surface area (Å²) in [6.07, 6.45) is 1.80. The zero-order chi connectivity index (χ0) is 19.1. The molecule has 1 aromatic heterocycles. The number of hydrogen-bond donors (Lipinski definition) is 1. The average Bonchev–Trinajstić information content (AvgIpc) is 3.22. The van der Waals surface area contributed by atoms with Gasteiger partial charge in [0.1, 0.15) is 0 Å². The molecule has 1 N–H and O–H groups in total. The molecule has 1 heterocycles. The van der Waals surface area contributed by atoms with Crippen molar-refractivity contribution < 1.29 is 4.79 Å². The van der Waals surface area contributed by atoms with Crippen molar-refractivity contribution in [2.24, 2.45) is 0 Å². The van der Waals surface area contributed by atoms with Crippen LogP contribution in [-0.2, 0) is 13.1 Å². The van der Waals surface area contributed by atoms with E-state index in [1.807, 2.05) is 42.5 Å². The van der Waals surface area contributed by atoms with E-state index in [4.69, 9.17) is 0 Å². The molecular weight excluding hydrogens is 336 g/mol. The monoisotopic (exact) mass is 362 g/mol. The Hall–Kier alpha value is -2.92. The Morgan fingerprint density at radius 2 is 1.63 bits per heavy atom. The second-order valence-corrected chi connectivity index (χ2v) is 6.39. The molecule has 0 saturated heterocycles. The molecule has 27 heavy (non-hydrogen) atoms. The zero-order valence-electron chi connectivity index (χ0n) is 15.9. The molecule has 5 nitrogen and oxygen atoms in total. The van der Waals surface area contributed by atoms with Crippen molar-refractivity contribution in [1.82, 2.24) is 20.0 Å². The number of rotatable bonds is 8. The number of amides is 1. The van der Waals surface area contributed by atoms with E-state index >= 15 is 0 Å². The molecule has 0 fully saturated rings. The number of hydrogen-bond acceptors (Lipinski definition) is 3. The Bertz CT molecular complexity index is 869. The number of carbonyl (C=O) groups is 1. The van der Waals surface area contributed by atoms with Crippen LogP contribution in [0.5, 0.6) is 0 Å². The zero-order valence-corrected chi connectivity index (χ0v) is 15.9. The summed E-state index contributed by atoms with van der Waals surface area (Å²) in [5, 5.41) is 7.38. The molecule has 1 amide bonds. The summed E-state index contributed by atoms with van der Waals surface area (Å²) in [5.41, 5.74) is 3.73. The van der Waals surface area contributed by atoms with Crippen LogP contribution in [0.2, 0.25) is 0 Å². The van der Waals surface area contributed by atoms with E-state index < -0.39 is 0 Å². The minimum atomic E-state index is -0.165. The minimum Gasteiger partial charge on any atom is -0.347 e. The summed E-state index contributed by atoms with van der Waals surface area (Å²) >= 11 is 0. The highest BCUT2D eigenvalue weighted by Gasteiger charge is 2.12. The van der Waals surface area contributed by atoms with Gasteiger partial charge in [0.05, 0.1) is 5.69 Å². The molecule has 0 aliphatic rings. The quantitative estimate of drug-likeness (QED) is 0.665. The van der Waals surface area contributed by atoms with E-state index in [9.17, 15) is 4.79 Å². The molecule has 0 radical (unpaired) electrons. The normalized spacial score (nSPS) is 10.9. The summed E-state index contributed by atoms with van der Waals surface area (Å²) < 4.78 is 1.71. The highest BCUT2D eigenvalue weighted by molar-refractivity contribution is 5.92. The van der Waals surface area contributed by atoms with Crippen LogP contribution in [0.15, 0.2) is 66.9 Å². The largest absolute Gasteiger partial charge is 0.347 e. The summed E-state index contributed by atoms with van der Waals surface area (Å²) in [5.74, 6) is -0.165. The van der Waals surface area contributed by atoms with Gasteiger partial charge in [-0.1, -0.05) is 56.3 Å². The smallest absolute Gasteiger partial charge is 0.272 e. The number of benzene rings is 2. The number of nitrogens with zero attached hydrogens (tertiary/aromatic N) is 3. The van der Waals surface area contributed by atoms with Crippen molar-refractivity contribution in [3.05, 3.63) is 83.7 Å². The van der Waals surface area contributed by atoms with Gasteiger partial charge in [-0.15, -0.1) is 0 Å². The Labute approximate surface area is 160 Å². The lowest BCUT2D eigenvalue weighted by Crippen LogP contribution is -2.26. The van der Waals surface area contributed by atoms with Crippen molar-refractivity contribution in [1.29, 1.82) is 0 Å². The third kappa shape index (κ3) is 4.83. The molecular formula is C22H26N4O. The Morgan fingerprint density at radius 1 is 0.963 bits per heavy atom. The number of para-hydroxylation sites is 1. The lowest BCUT2D eigenvalue weighted by molar-refractivity contribution is 0.0945. The van der Waals surface area contributed by atoms with Crippen LogP contribution < -0.4 is 5.32 Å². The molecule has 3 aromatic rings. The van der Waals surface area contributed by atoms with Gasteiger partial charge < -0.3 is 5.32 Å². The van der Waals surface area contributed by atoms with Crippen LogP contribution in [0.4, 0.5) is 0 Å². The van der Waals surface area contributed by atoms with Crippen LogP contribution in [0.25, 0.3) is 5.69 Å². The summed E-state index contributed by atoms with van der Waals surface area (Å²) in [6.45, 7) is 7.73. The summed E-state index contributed by atoms with van der Waals surface area (Å²) in [6, 6.07) is 19.8. The first-order valence-electron chi connectivity index (χ1n) is 9.39. The number of carbonyl (C=O) groups excluding carboxylic acids is 1. The summed E-state index contributed by atoms with van der Waals surface area (Å²) in [4.78, 5) is 14.9. The SMILES string of the molecule is CCN(CC)Cc1ccccc1CNC(=O)c1ccn(-c2ccccc2)n1. The van der Waals surface area contributed by atoms with E-state index in [2.05, 4.69) is 41.3 Å². The van der Waals surface area contributed by atoms with Crippen LogP contribution >= 0.6 is 0 Å². The number of nitrogens with one attached hydrogen (secondary N) is 1. The Morgan fingerprint density at radius 3 is 2.33 bits per heavy atom. The second kappa shape index (κ2) is 9.14. The third-order valence-electron chi connectivity index (χ3n) is 4.69. The molecule has 0 aliphatic carbocycles. The van der Waals surface area contributed by atoms with E-state index in [-0.39, 0.29) is 5.91 Å². The van der Waals surface area contributed by atoms with Crippen molar-refractivity contribution in [3.8, 4) is 5.69 Å². The predicted molar refractivity (Wildman–Crippen MR) is 108 cm³/mol. The van der Waals surface area contributed by atoms with Crippen LogP contribution in [0.3, 0.4) is 0 Å². The maximum atomic E-state index is 12.5. The highest BCUT2D eigenvalue weighted by atomic mass is 16.1. The van der Waals surface area contributed by atoms with Gasteiger partial charge in [0, 0.05) is 19.3 Å². The first-order chi connectivity index (χ1) is 13.2. The fourth-order valence-corrected chi connectivity index (χ4v) is 3.01. The molecule has 0 aliphatic heterocycles. The number of aromatic nitrogens is 2. The third-order valence-corrected chi connectivity index (χ3v) is 4.69. The minimum absolute atomic E-state index is 0.165. The van der Waals surface area contributed by atoms with Gasteiger partial charge >= 0.3 is 0 Å².